The molecule has 4 N–H and O–H groups in total. The van der Waals surface area contributed by atoms with Gasteiger partial charge in [-0.05, 0) is 25.7 Å². The first-order valence-corrected chi connectivity index (χ1v) is 5.57. The molecular formula is C10H22N4. The lowest BCUT2D eigenvalue weighted by Gasteiger charge is -2.18. The van der Waals surface area contributed by atoms with Crippen LogP contribution in [-0.2, 0) is 0 Å². The Balaban J connectivity index is 2.32. The van der Waals surface area contributed by atoms with E-state index in [4.69, 9.17) is 5.84 Å². The number of nitrogens with one attached hydrogen (secondary N) is 2. The van der Waals surface area contributed by atoms with Gasteiger partial charge >= 0.3 is 0 Å². The van der Waals surface area contributed by atoms with Crippen LogP contribution in [0.25, 0.3) is 0 Å². The molecule has 1 aliphatic carbocycles. The third-order valence-corrected chi connectivity index (χ3v) is 2.60. The summed E-state index contributed by atoms with van der Waals surface area (Å²) in [5.74, 6) is 7.03. The van der Waals surface area contributed by atoms with Crippen molar-refractivity contribution in [3.63, 3.8) is 0 Å². The third kappa shape index (κ3) is 3.96. The highest BCUT2D eigenvalue weighted by Crippen LogP contribution is 2.33. The van der Waals surface area contributed by atoms with Crippen LogP contribution < -0.4 is 16.6 Å². The third-order valence-electron chi connectivity index (χ3n) is 2.60. The van der Waals surface area contributed by atoms with E-state index in [1.165, 1.54) is 19.3 Å². The van der Waals surface area contributed by atoms with Crippen molar-refractivity contribution in [2.45, 2.75) is 45.6 Å². The van der Waals surface area contributed by atoms with Crippen molar-refractivity contribution in [3.05, 3.63) is 0 Å². The van der Waals surface area contributed by atoms with Crippen LogP contribution in [0, 0.1) is 5.92 Å². The monoisotopic (exact) mass is 198 g/mol. The molecule has 0 radical (unpaired) electrons. The molecule has 1 aliphatic rings. The van der Waals surface area contributed by atoms with Crippen molar-refractivity contribution >= 4 is 5.96 Å². The van der Waals surface area contributed by atoms with Gasteiger partial charge in [-0.1, -0.05) is 19.8 Å². The van der Waals surface area contributed by atoms with E-state index in [0.717, 1.165) is 24.8 Å². The van der Waals surface area contributed by atoms with E-state index in [0.29, 0.717) is 6.04 Å². The predicted molar refractivity (Wildman–Crippen MR) is 59.9 cm³/mol. The summed E-state index contributed by atoms with van der Waals surface area (Å²) < 4.78 is 0. The normalized spacial score (nSPS) is 19.2. The van der Waals surface area contributed by atoms with E-state index in [9.17, 15) is 0 Å². The number of hydrogen-bond acceptors (Lipinski definition) is 2. The van der Waals surface area contributed by atoms with Gasteiger partial charge in [0, 0.05) is 12.6 Å². The van der Waals surface area contributed by atoms with Crippen LogP contribution in [0.15, 0.2) is 4.99 Å². The van der Waals surface area contributed by atoms with E-state index in [1.54, 1.807) is 0 Å². The number of rotatable bonds is 5. The molecule has 14 heavy (non-hydrogen) atoms. The predicted octanol–water partition coefficient (Wildman–Crippen LogP) is 0.994. The summed E-state index contributed by atoms with van der Waals surface area (Å²) in [5.41, 5.74) is 2.60. The van der Waals surface area contributed by atoms with Gasteiger partial charge in [0.15, 0.2) is 0 Å². The van der Waals surface area contributed by atoms with Gasteiger partial charge < -0.3 is 5.32 Å². The highest BCUT2D eigenvalue weighted by Gasteiger charge is 2.24. The Morgan fingerprint density at radius 1 is 1.50 bits per heavy atom. The van der Waals surface area contributed by atoms with Gasteiger partial charge in [0.05, 0.1) is 0 Å². The molecule has 0 bridgehead atoms. The first-order valence-electron chi connectivity index (χ1n) is 5.57. The fourth-order valence-corrected chi connectivity index (χ4v) is 1.57. The van der Waals surface area contributed by atoms with E-state index >= 15 is 0 Å². The first kappa shape index (κ1) is 11.3. The lowest BCUT2D eigenvalue weighted by atomic mass is 10.1. The van der Waals surface area contributed by atoms with Crippen LogP contribution >= 0.6 is 0 Å². The van der Waals surface area contributed by atoms with Gasteiger partial charge in [0.25, 0.3) is 0 Å². The van der Waals surface area contributed by atoms with Crippen molar-refractivity contribution in [2.24, 2.45) is 16.8 Å². The van der Waals surface area contributed by atoms with Gasteiger partial charge in [-0.3, -0.25) is 10.4 Å². The maximum absolute atomic E-state index is 5.36. The smallest absolute Gasteiger partial charge is 0.205 e. The summed E-state index contributed by atoms with van der Waals surface area (Å²) >= 11 is 0. The zero-order valence-electron chi connectivity index (χ0n) is 9.21. The van der Waals surface area contributed by atoms with Gasteiger partial charge in [-0.2, -0.15) is 0 Å². The Bertz CT molecular complexity index is 187. The van der Waals surface area contributed by atoms with Crippen molar-refractivity contribution in [1.82, 2.24) is 10.7 Å². The Morgan fingerprint density at radius 2 is 2.21 bits per heavy atom. The summed E-state index contributed by atoms with van der Waals surface area (Å²) in [7, 11) is 0. The van der Waals surface area contributed by atoms with Gasteiger partial charge in [0.2, 0.25) is 5.96 Å². The van der Waals surface area contributed by atoms with Gasteiger partial charge in [-0.15, -0.1) is 0 Å². The zero-order valence-corrected chi connectivity index (χ0v) is 9.21. The average Bonchev–Trinajstić information content (AvgIpc) is 2.99. The molecule has 1 unspecified atom stereocenters. The lowest BCUT2D eigenvalue weighted by molar-refractivity contribution is 0.504. The minimum atomic E-state index is 0.517. The van der Waals surface area contributed by atoms with E-state index in [-0.39, 0.29) is 0 Å². The molecule has 1 rings (SSSR count). The fourth-order valence-electron chi connectivity index (χ4n) is 1.57. The van der Waals surface area contributed by atoms with Crippen LogP contribution in [0.2, 0.25) is 0 Å². The van der Waals surface area contributed by atoms with Crippen LogP contribution in [0.4, 0.5) is 0 Å². The molecule has 0 spiro atoms. The molecule has 0 aromatic rings. The summed E-state index contributed by atoms with van der Waals surface area (Å²) in [4.78, 5) is 4.23. The highest BCUT2D eigenvalue weighted by atomic mass is 15.3. The van der Waals surface area contributed by atoms with Crippen LogP contribution in [-0.4, -0.2) is 18.5 Å². The summed E-state index contributed by atoms with van der Waals surface area (Å²) in [6, 6.07) is 0.517. The lowest BCUT2D eigenvalue weighted by Crippen LogP contribution is -2.46. The van der Waals surface area contributed by atoms with Crippen molar-refractivity contribution in [3.8, 4) is 0 Å². The summed E-state index contributed by atoms with van der Waals surface area (Å²) in [5, 5.41) is 3.34. The number of hydrazine groups is 1. The summed E-state index contributed by atoms with van der Waals surface area (Å²) in [6.45, 7) is 4.95. The molecule has 1 saturated carbocycles. The number of guanidine groups is 1. The SMILES string of the molecule is CCN=C(NN)NC(CC)CC1CC1. The van der Waals surface area contributed by atoms with Crippen molar-refractivity contribution in [1.29, 1.82) is 0 Å². The van der Waals surface area contributed by atoms with Crippen molar-refractivity contribution < 1.29 is 0 Å². The van der Waals surface area contributed by atoms with Gasteiger partial charge in [0.1, 0.15) is 0 Å². The molecule has 0 aromatic heterocycles. The van der Waals surface area contributed by atoms with E-state index in [2.05, 4.69) is 22.7 Å². The first-order chi connectivity index (χ1) is 6.80. The molecule has 4 nitrogen and oxygen atoms in total. The molecule has 0 heterocycles. The molecule has 1 fully saturated rings. The number of nitrogens with zero attached hydrogens (tertiary/aromatic N) is 1. The minimum Gasteiger partial charge on any atom is -0.353 e. The molecule has 1 atom stereocenters. The fraction of sp³-hybridized carbons (Fsp3) is 0.900. The van der Waals surface area contributed by atoms with E-state index < -0.39 is 0 Å². The summed E-state index contributed by atoms with van der Waals surface area (Å²) in [6.07, 6.45) is 5.17. The van der Waals surface area contributed by atoms with Crippen LogP contribution in [0.5, 0.6) is 0 Å². The Kier molecular flexibility index (Phi) is 4.73. The van der Waals surface area contributed by atoms with E-state index in [1.807, 2.05) is 6.92 Å². The Morgan fingerprint density at radius 3 is 2.64 bits per heavy atom. The maximum Gasteiger partial charge on any atom is 0.205 e. The largest absolute Gasteiger partial charge is 0.353 e. The number of aliphatic imine (C=N–C) groups is 1. The number of hydrogen-bond donors (Lipinski definition) is 3. The Hall–Kier alpha value is -0.770. The topological polar surface area (TPSA) is 62.4 Å². The molecule has 4 heteroatoms. The van der Waals surface area contributed by atoms with Crippen molar-refractivity contribution in [2.75, 3.05) is 6.54 Å². The maximum atomic E-state index is 5.36. The molecular weight excluding hydrogens is 176 g/mol. The van der Waals surface area contributed by atoms with Crippen LogP contribution in [0.1, 0.15) is 39.5 Å². The second kappa shape index (κ2) is 5.86. The minimum absolute atomic E-state index is 0.517. The zero-order chi connectivity index (χ0) is 10.4. The average molecular weight is 198 g/mol. The second-order valence-electron chi connectivity index (χ2n) is 3.90. The number of nitrogens with two attached hydrogens (primary N) is 1. The highest BCUT2D eigenvalue weighted by molar-refractivity contribution is 5.79. The van der Waals surface area contributed by atoms with Crippen LogP contribution in [0.3, 0.4) is 0 Å². The molecule has 0 aromatic carbocycles. The molecule has 0 amide bonds. The van der Waals surface area contributed by atoms with Gasteiger partial charge in [-0.25, -0.2) is 5.84 Å². The second-order valence-corrected chi connectivity index (χ2v) is 3.90. The molecule has 0 saturated heterocycles. The Labute approximate surface area is 86.3 Å². The molecule has 82 valence electrons. The molecule has 0 aliphatic heterocycles. The quantitative estimate of drug-likeness (QED) is 0.267. The standard InChI is InChI=1S/C10H22N4/c1-3-9(7-8-5-6-8)13-10(14-11)12-4-2/h8-9H,3-7,11H2,1-2H3,(H2,12,13,14).